The Kier molecular flexibility index (Phi) is 4.85. The average molecular weight is 282 g/mol. The maximum atomic E-state index is 12.2. The summed E-state index contributed by atoms with van der Waals surface area (Å²) in [4.78, 5) is 19.8. The summed E-state index contributed by atoms with van der Waals surface area (Å²) in [6.45, 7) is 0.237. The van der Waals surface area contributed by atoms with E-state index in [0.717, 1.165) is 0 Å². The van der Waals surface area contributed by atoms with E-state index >= 15 is 0 Å². The number of hydrogen-bond donors (Lipinski definition) is 2. The van der Waals surface area contributed by atoms with Crippen molar-refractivity contribution >= 4 is 11.6 Å². The van der Waals surface area contributed by atoms with Crippen LogP contribution in [0.5, 0.6) is 5.75 Å². The van der Waals surface area contributed by atoms with Gasteiger partial charge >= 0.3 is 0 Å². The molecule has 6 heteroatoms. The molecule has 2 aromatic rings. The molecule has 0 fully saturated rings. The third-order valence-electron chi connectivity index (χ3n) is 2.61. The van der Waals surface area contributed by atoms with Gasteiger partial charge in [0.15, 0.2) is 0 Å². The molecule has 0 bridgehead atoms. The third kappa shape index (κ3) is 3.78. The van der Waals surface area contributed by atoms with Gasteiger partial charge in [0.25, 0.3) is 5.91 Å². The van der Waals surface area contributed by atoms with Gasteiger partial charge in [-0.2, -0.15) is 0 Å². The first-order valence-electron chi connectivity index (χ1n) is 6.18. The van der Waals surface area contributed by atoms with Crippen LogP contribution in [0.2, 0.25) is 0 Å². The third-order valence-corrected chi connectivity index (χ3v) is 2.61. The number of nitrogens with two attached hydrogens (primary N) is 1. The van der Waals surface area contributed by atoms with Crippen LogP contribution in [0.25, 0.3) is 0 Å². The van der Waals surface area contributed by atoms with Crippen molar-refractivity contribution in [1.29, 1.82) is 0 Å². The van der Waals surface area contributed by atoms with Crippen molar-refractivity contribution in [1.82, 2.24) is 9.97 Å². The molecular weight excluding hydrogens is 268 g/mol. The second-order valence-corrected chi connectivity index (χ2v) is 4.00. The minimum absolute atomic E-state index is 0.237. The van der Waals surface area contributed by atoms with Crippen LogP contribution in [0.4, 0.5) is 5.69 Å². The Morgan fingerprint density at radius 1 is 1.38 bits per heavy atom. The van der Waals surface area contributed by atoms with Crippen molar-refractivity contribution in [3.63, 3.8) is 0 Å². The monoisotopic (exact) mass is 282 g/mol. The summed E-state index contributed by atoms with van der Waals surface area (Å²) in [7, 11) is 1.55. The lowest BCUT2D eigenvalue weighted by atomic mass is 10.1. The normalized spacial score (nSPS) is 9.43. The molecular formula is C15H14N4O2. The maximum Gasteiger partial charge on any atom is 0.255 e. The predicted molar refractivity (Wildman–Crippen MR) is 78.9 cm³/mol. The van der Waals surface area contributed by atoms with Gasteiger partial charge in [-0.1, -0.05) is 11.8 Å². The van der Waals surface area contributed by atoms with Crippen LogP contribution in [0.15, 0.2) is 36.9 Å². The summed E-state index contributed by atoms with van der Waals surface area (Å²) in [6, 6.07) is 5.00. The highest BCUT2D eigenvalue weighted by Gasteiger charge is 2.09. The predicted octanol–water partition coefficient (Wildman–Crippen LogP) is 1.05. The molecule has 1 heterocycles. The zero-order valence-electron chi connectivity index (χ0n) is 11.5. The summed E-state index contributed by atoms with van der Waals surface area (Å²) in [5, 5.41) is 2.70. The Morgan fingerprint density at radius 3 is 2.81 bits per heavy atom. The van der Waals surface area contributed by atoms with E-state index in [1.807, 2.05) is 0 Å². The fourth-order valence-corrected chi connectivity index (χ4v) is 1.66. The largest absolute Gasteiger partial charge is 0.495 e. The Hall–Kier alpha value is -2.91. The van der Waals surface area contributed by atoms with E-state index in [2.05, 4.69) is 27.1 Å². The molecule has 21 heavy (non-hydrogen) atoms. The first kappa shape index (κ1) is 14.5. The Labute approximate surface area is 122 Å². The molecule has 6 nitrogen and oxygen atoms in total. The van der Waals surface area contributed by atoms with Crippen molar-refractivity contribution < 1.29 is 9.53 Å². The summed E-state index contributed by atoms with van der Waals surface area (Å²) in [5.41, 5.74) is 6.95. The molecule has 1 amide bonds. The Bertz CT molecular complexity index is 690. The van der Waals surface area contributed by atoms with E-state index in [0.29, 0.717) is 22.6 Å². The molecule has 0 aliphatic rings. The minimum atomic E-state index is -0.275. The summed E-state index contributed by atoms with van der Waals surface area (Å²) in [5.74, 6) is 5.94. The number of ether oxygens (including phenoxy) is 1. The first-order chi connectivity index (χ1) is 10.2. The van der Waals surface area contributed by atoms with E-state index < -0.39 is 0 Å². The molecule has 1 aromatic heterocycles. The van der Waals surface area contributed by atoms with E-state index in [4.69, 9.17) is 10.5 Å². The number of hydrogen-bond acceptors (Lipinski definition) is 5. The minimum Gasteiger partial charge on any atom is -0.495 e. The van der Waals surface area contributed by atoms with Crippen molar-refractivity contribution in [3.8, 4) is 17.6 Å². The summed E-state index contributed by atoms with van der Waals surface area (Å²) >= 11 is 0. The smallest absolute Gasteiger partial charge is 0.255 e. The first-order valence-corrected chi connectivity index (χ1v) is 6.18. The highest BCUT2D eigenvalue weighted by molar-refractivity contribution is 6.04. The Morgan fingerprint density at radius 2 is 2.14 bits per heavy atom. The number of nitrogens with zero attached hydrogens (tertiary/aromatic N) is 2. The van der Waals surface area contributed by atoms with Crippen LogP contribution in [0.3, 0.4) is 0 Å². The molecule has 0 aliphatic carbocycles. The zero-order valence-corrected chi connectivity index (χ0v) is 11.5. The van der Waals surface area contributed by atoms with Gasteiger partial charge in [-0.3, -0.25) is 4.79 Å². The van der Waals surface area contributed by atoms with Crippen LogP contribution in [-0.2, 0) is 0 Å². The van der Waals surface area contributed by atoms with E-state index in [-0.39, 0.29) is 12.5 Å². The fraction of sp³-hybridized carbons (Fsp3) is 0.133. The molecule has 0 radical (unpaired) electrons. The average Bonchev–Trinajstić information content (AvgIpc) is 2.53. The number of amides is 1. The summed E-state index contributed by atoms with van der Waals surface area (Å²) < 4.78 is 5.20. The molecule has 0 spiro atoms. The topological polar surface area (TPSA) is 90.1 Å². The van der Waals surface area contributed by atoms with Crippen LogP contribution in [0, 0.1) is 11.8 Å². The molecule has 0 aliphatic heterocycles. The van der Waals surface area contributed by atoms with Gasteiger partial charge in [-0.05, 0) is 18.2 Å². The number of anilines is 1. The van der Waals surface area contributed by atoms with Crippen molar-refractivity contribution in [2.75, 3.05) is 19.0 Å². The van der Waals surface area contributed by atoms with Crippen molar-refractivity contribution in [2.24, 2.45) is 5.73 Å². The number of benzene rings is 1. The lowest BCUT2D eigenvalue weighted by molar-refractivity contribution is 0.102. The molecule has 2 rings (SSSR count). The van der Waals surface area contributed by atoms with Gasteiger partial charge in [0.05, 0.1) is 37.3 Å². The molecule has 0 unspecified atom stereocenters. The number of rotatable bonds is 3. The summed E-state index contributed by atoms with van der Waals surface area (Å²) in [6.07, 6.45) is 4.43. The lowest BCUT2D eigenvalue weighted by Crippen LogP contribution is -2.12. The SMILES string of the molecule is COc1ccc(C(=O)Nc2cncnc2)cc1C#CCN. The highest BCUT2D eigenvalue weighted by Crippen LogP contribution is 2.19. The van der Waals surface area contributed by atoms with Gasteiger partial charge in [-0.15, -0.1) is 0 Å². The lowest BCUT2D eigenvalue weighted by Gasteiger charge is -2.07. The van der Waals surface area contributed by atoms with E-state index in [1.165, 1.54) is 18.7 Å². The van der Waals surface area contributed by atoms with Crippen molar-refractivity contribution in [3.05, 3.63) is 48.0 Å². The van der Waals surface area contributed by atoms with Gasteiger partial charge < -0.3 is 15.8 Å². The number of carbonyl (C=O) groups excluding carboxylic acids is 1. The van der Waals surface area contributed by atoms with Crippen LogP contribution in [0.1, 0.15) is 15.9 Å². The molecule has 0 saturated carbocycles. The molecule has 0 saturated heterocycles. The Balaban J connectivity index is 2.25. The highest BCUT2D eigenvalue weighted by atomic mass is 16.5. The number of methoxy groups -OCH3 is 1. The second kappa shape index (κ2) is 7.03. The number of aromatic nitrogens is 2. The zero-order chi connectivity index (χ0) is 15.1. The van der Waals surface area contributed by atoms with E-state index in [1.54, 1.807) is 25.3 Å². The van der Waals surface area contributed by atoms with Crippen LogP contribution < -0.4 is 15.8 Å². The molecule has 106 valence electrons. The van der Waals surface area contributed by atoms with Crippen molar-refractivity contribution in [2.45, 2.75) is 0 Å². The van der Waals surface area contributed by atoms with E-state index in [9.17, 15) is 4.79 Å². The fourth-order valence-electron chi connectivity index (χ4n) is 1.66. The molecule has 3 N–H and O–H groups in total. The number of carbonyl (C=O) groups is 1. The van der Waals surface area contributed by atoms with Crippen LogP contribution >= 0.6 is 0 Å². The quantitative estimate of drug-likeness (QED) is 0.821. The van der Waals surface area contributed by atoms with Gasteiger partial charge in [0.2, 0.25) is 0 Å². The second-order valence-electron chi connectivity index (χ2n) is 4.00. The van der Waals surface area contributed by atoms with Crippen LogP contribution in [-0.4, -0.2) is 29.5 Å². The van der Waals surface area contributed by atoms with Gasteiger partial charge in [0, 0.05) is 5.56 Å². The molecule has 1 aromatic carbocycles. The maximum absolute atomic E-state index is 12.2. The van der Waals surface area contributed by atoms with Gasteiger partial charge in [0.1, 0.15) is 12.1 Å². The number of nitrogens with one attached hydrogen (secondary N) is 1. The standard InChI is InChI=1S/C15H14N4O2/c1-21-14-5-4-12(7-11(14)3-2-6-16)15(20)19-13-8-17-10-18-9-13/h4-5,7-10H,6,16H2,1H3,(H,19,20). The van der Waals surface area contributed by atoms with Gasteiger partial charge in [-0.25, -0.2) is 9.97 Å². The molecule has 0 atom stereocenters.